The van der Waals surface area contributed by atoms with Gasteiger partial charge in [-0.15, -0.1) is 11.3 Å². The topological polar surface area (TPSA) is 76.1 Å². The van der Waals surface area contributed by atoms with E-state index in [-0.39, 0.29) is 10.6 Å². The van der Waals surface area contributed by atoms with E-state index in [0.29, 0.717) is 17.1 Å². The Bertz CT molecular complexity index is 702. The molecule has 5 nitrogen and oxygen atoms in total. The lowest BCUT2D eigenvalue weighted by Crippen LogP contribution is -2.30. The van der Waals surface area contributed by atoms with Crippen LogP contribution in [0.3, 0.4) is 0 Å². The van der Waals surface area contributed by atoms with E-state index >= 15 is 0 Å². The zero-order valence-corrected chi connectivity index (χ0v) is 13.5. The number of nitrogens with one attached hydrogen (secondary N) is 1. The molecule has 0 fully saturated rings. The summed E-state index contributed by atoms with van der Waals surface area (Å²) < 4.78 is 26.4. The fourth-order valence-corrected chi connectivity index (χ4v) is 4.90. The minimum Gasteiger partial charge on any atom is -0.274 e. The molecule has 0 aliphatic heterocycles. The summed E-state index contributed by atoms with van der Waals surface area (Å²) in [5.41, 5.74) is 1.46. The summed E-state index contributed by atoms with van der Waals surface area (Å²) in [6, 6.07) is 1.92. The smallest absolute Gasteiger partial charge is 0.274 e. The van der Waals surface area contributed by atoms with Gasteiger partial charge >= 0.3 is 0 Å². The first-order valence-electron chi connectivity index (χ1n) is 5.89. The number of carbonyl (C=O) groups is 1. The van der Waals surface area contributed by atoms with Gasteiger partial charge in [-0.05, 0) is 42.7 Å². The Morgan fingerprint density at radius 2 is 2.15 bits per heavy atom. The van der Waals surface area contributed by atoms with Gasteiger partial charge in [0.05, 0.1) is 10.7 Å². The van der Waals surface area contributed by atoms with E-state index in [9.17, 15) is 13.2 Å². The fraction of sp³-hybridized carbons (Fsp3) is 0.333. The Balaban J connectivity index is 2.01. The average molecular weight is 330 g/mol. The molecule has 20 heavy (non-hydrogen) atoms. The standard InChI is InChI=1S/C12H14N2O3S3/c1-8-12(19-9(2)13-8)20(16,17)14-11(15)4-3-10-5-6-18-7-10/h5-7H,3-4H2,1-2H3,(H,14,15). The number of thiophene rings is 1. The Morgan fingerprint density at radius 1 is 1.40 bits per heavy atom. The third-order valence-electron chi connectivity index (χ3n) is 2.57. The number of hydrogen-bond donors (Lipinski definition) is 1. The lowest BCUT2D eigenvalue weighted by Gasteiger charge is -2.05. The zero-order valence-electron chi connectivity index (χ0n) is 11.0. The van der Waals surface area contributed by atoms with Crippen molar-refractivity contribution in [3.8, 4) is 0 Å². The molecule has 0 unspecified atom stereocenters. The predicted molar refractivity (Wildman–Crippen MR) is 79.6 cm³/mol. The number of hydrogen-bond acceptors (Lipinski definition) is 6. The van der Waals surface area contributed by atoms with Gasteiger partial charge in [0.25, 0.3) is 10.0 Å². The highest BCUT2D eigenvalue weighted by atomic mass is 32.2. The SMILES string of the molecule is Cc1nc(C)c(S(=O)(=O)NC(=O)CCc2ccsc2)s1. The third kappa shape index (κ3) is 3.65. The number of sulfonamides is 1. The van der Waals surface area contributed by atoms with Crippen molar-refractivity contribution in [3.05, 3.63) is 33.1 Å². The van der Waals surface area contributed by atoms with Gasteiger partial charge in [-0.3, -0.25) is 4.79 Å². The normalized spacial score (nSPS) is 11.5. The molecule has 2 aromatic rings. The lowest BCUT2D eigenvalue weighted by molar-refractivity contribution is -0.119. The molecule has 108 valence electrons. The number of aryl methyl sites for hydroxylation is 3. The molecule has 2 heterocycles. The highest BCUT2D eigenvalue weighted by molar-refractivity contribution is 7.92. The van der Waals surface area contributed by atoms with Crippen molar-refractivity contribution in [1.82, 2.24) is 9.71 Å². The number of carbonyl (C=O) groups excluding carboxylic acids is 1. The average Bonchev–Trinajstić information content (AvgIpc) is 2.95. The lowest BCUT2D eigenvalue weighted by atomic mass is 10.2. The Morgan fingerprint density at radius 3 is 2.70 bits per heavy atom. The second-order valence-corrected chi connectivity index (χ2v) is 8.13. The molecule has 0 atom stereocenters. The second kappa shape index (κ2) is 6.02. The van der Waals surface area contributed by atoms with Crippen molar-refractivity contribution in [3.63, 3.8) is 0 Å². The molecule has 0 saturated carbocycles. The summed E-state index contributed by atoms with van der Waals surface area (Å²) in [7, 11) is -3.80. The van der Waals surface area contributed by atoms with Crippen LogP contribution in [0.15, 0.2) is 21.0 Å². The summed E-state index contributed by atoms with van der Waals surface area (Å²) >= 11 is 2.62. The molecular formula is C12H14N2O3S3. The van der Waals surface area contributed by atoms with Crippen LogP contribution in [0.25, 0.3) is 0 Å². The molecule has 0 bridgehead atoms. The van der Waals surface area contributed by atoms with Gasteiger partial charge in [-0.25, -0.2) is 18.1 Å². The second-order valence-electron chi connectivity index (χ2n) is 4.27. The van der Waals surface area contributed by atoms with E-state index in [2.05, 4.69) is 9.71 Å². The highest BCUT2D eigenvalue weighted by Gasteiger charge is 2.23. The van der Waals surface area contributed by atoms with Crippen molar-refractivity contribution < 1.29 is 13.2 Å². The van der Waals surface area contributed by atoms with Crippen molar-refractivity contribution >= 4 is 38.6 Å². The minimum atomic E-state index is -3.80. The van der Waals surface area contributed by atoms with Crippen LogP contribution in [0.4, 0.5) is 0 Å². The van der Waals surface area contributed by atoms with E-state index in [1.165, 1.54) is 0 Å². The molecule has 1 amide bonds. The molecule has 2 aromatic heterocycles. The molecule has 2 rings (SSSR count). The van der Waals surface area contributed by atoms with Crippen molar-refractivity contribution in [2.75, 3.05) is 0 Å². The summed E-state index contributed by atoms with van der Waals surface area (Å²) in [5, 5.41) is 4.53. The van der Waals surface area contributed by atoms with Gasteiger partial charge in [0.2, 0.25) is 5.91 Å². The minimum absolute atomic E-state index is 0.110. The molecular weight excluding hydrogens is 316 g/mol. The van der Waals surface area contributed by atoms with Crippen LogP contribution in [-0.4, -0.2) is 19.3 Å². The maximum absolute atomic E-state index is 12.1. The summed E-state index contributed by atoms with van der Waals surface area (Å²) in [4.78, 5) is 15.8. The first-order chi connectivity index (χ1) is 9.38. The summed E-state index contributed by atoms with van der Waals surface area (Å²) in [5.74, 6) is -0.498. The summed E-state index contributed by atoms with van der Waals surface area (Å²) in [6.07, 6.45) is 0.679. The maximum Gasteiger partial charge on any atom is 0.275 e. The molecule has 0 radical (unpaired) electrons. The van der Waals surface area contributed by atoms with Crippen LogP contribution in [0.1, 0.15) is 22.7 Å². The Labute approximate surface area is 125 Å². The van der Waals surface area contributed by atoms with Crippen molar-refractivity contribution in [2.24, 2.45) is 0 Å². The number of aromatic nitrogens is 1. The quantitative estimate of drug-likeness (QED) is 0.912. The van der Waals surface area contributed by atoms with Gasteiger partial charge in [0, 0.05) is 6.42 Å². The maximum atomic E-state index is 12.1. The van der Waals surface area contributed by atoms with Crippen LogP contribution in [0, 0.1) is 13.8 Å². The molecule has 0 aliphatic rings. The molecule has 0 spiro atoms. The molecule has 0 saturated heterocycles. The van der Waals surface area contributed by atoms with Crippen LogP contribution in [0.2, 0.25) is 0 Å². The predicted octanol–water partition coefficient (Wildman–Crippen LogP) is 2.26. The van der Waals surface area contributed by atoms with Gasteiger partial charge in [-0.1, -0.05) is 0 Å². The molecule has 0 aliphatic carbocycles. The van der Waals surface area contributed by atoms with Crippen LogP contribution < -0.4 is 4.72 Å². The third-order valence-corrected chi connectivity index (χ3v) is 6.36. The number of rotatable bonds is 5. The van der Waals surface area contributed by atoms with Crippen molar-refractivity contribution in [2.45, 2.75) is 30.9 Å². The van der Waals surface area contributed by atoms with Crippen LogP contribution in [-0.2, 0) is 21.2 Å². The van der Waals surface area contributed by atoms with Gasteiger partial charge in [-0.2, -0.15) is 11.3 Å². The van der Waals surface area contributed by atoms with Crippen LogP contribution in [0.5, 0.6) is 0 Å². The number of nitrogens with zero attached hydrogens (tertiary/aromatic N) is 1. The van der Waals surface area contributed by atoms with Crippen LogP contribution >= 0.6 is 22.7 Å². The van der Waals surface area contributed by atoms with Gasteiger partial charge in [0.15, 0.2) is 4.21 Å². The molecule has 1 N–H and O–H groups in total. The highest BCUT2D eigenvalue weighted by Crippen LogP contribution is 2.22. The Hall–Kier alpha value is -1.25. The zero-order chi connectivity index (χ0) is 14.8. The van der Waals surface area contributed by atoms with Gasteiger partial charge < -0.3 is 0 Å². The first kappa shape index (κ1) is 15.1. The van der Waals surface area contributed by atoms with Gasteiger partial charge in [0.1, 0.15) is 0 Å². The molecule has 8 heteroatoms. The van der Waals surface area contributed by atoms with Crippen molar-refractivity contribution in [1.29, 1.82) is 0 Å². The summed E-state index contributed by atoms with van der Waals surface area (Å²) in [6.45, 7) is 3.35. The first-order valence-corrected chi connectivity index (χ1v) is 9.13. The Kier molecular flexibility index (Phi) is 4.56. The van der Waals surface area contributed by atoms with E-state index in [1.807, 2.05) is 16.8 Å². The number of amides is 1. The fourth-order valence-electron chi connectivity index (χ4n) is 1.70. The number of thiazole rings is 1. The van der Waals surface area contributed by atoms with E-state index in [0.717, 1.165) is 16.9 Å². The largest absolute Gasteiger partial charge is 0.275 e. The van der Waals surface area contributed by atoms with E-state index < -0.39 is 15.9 Å². The monoisotopic (exact) mass is 330 g/mol. The molecule has 0 aromatic carbocycles. The van der Waals surface area contributed by atoms with E-state index in [1.54, 1.807) is 25.2 Å². The van der Waals surface area contributed by atoms with E-state index in [4.69, 9.17) is 0 Å².